The fraction of sp³-hybridized carbons (Fsp3) is 0.467. The number of rotatable bonds is 7. The number of para-hydroxylation sites is 1. The Hall–Kier alpha value is -1.95. The van der Waals surface area contributed by atoms with E-state index in [1.54, 1.807) is 10.7 Å². The summed E-state index contributed by atoms with van der Waals surface area (Å²) in [4.78, 5) is 4.13. The van der Waals surface area contributed by atoms with Crippen LogP contribution in [0.3, 0.4) is 0 Å². The number of nitrogens with one attached hydrogen (secondary N) is 1. The molecule has 1 aliphatic rings. The Morgan fingerprint density at radius 1 is 1.43 bits per heavy atom. The van der Waals surface area contributed by atoms with Crippen LogP contribution in [0.5, 0.6) is 5.75 Å². The van der Waals surface area contributed by atoms with Gasteiger partial charge in [-0.05, 0) is 25.8 Å². The Labute approximate surface area is 123 Å². The summed E-state index contributed by atoms with van der Waals surface area (Å²) in [5.74, 6) is 0.658. The van der Waals surface area contributed by atoms with Crippen molar-refractivity contribution in [2.45, 2.75) is 45.5 Å². The summed E-state index contributed by atoms with van der Waals surface area (Å²) in [6, 6.07) is 5.59. The third-order valence-corrected chi connectivity index (χ3v) is 3.55. The maximum absolute atomic E-state index is 14.0. The number of hydrogen-bond donors (Lipinski definition) is 1. The van der Waals surface area contributed by atoms with Gasteiger partial charge in [0.2, 0.25) is 0 Å². The number of benzene rings is 1. The Kier molecular flexibility index (Phi) is 4.15. The molecule has 1 fully saturated rings. The molecule has 21 heavy (non-hydrogen) atoms. The average Bonchev–Trinajstić information content (AvgIpc) is 3.21. The number of nitrogens with zero attached hydrogens (tertiary/aromatic N) is 3. The fourth-order valence-electron chi connectivity index (χ4n) is 2.20. The third kappa shape index (κ3) is 3.39. The highest BCUT2D eigenvalue weighted by molar-refractivity contribution is 5.35. The van der Waals surface area contributed by atoms with Crippen molar-refractivity contribution in [3.63, 3.8) is 0 Å². The van der Waals surface area contributed by atoms with E-state index in [-0.39, 0.29) is 12.4 Å². The molecule has 0 unspecified atom stereocenters. The van der Waals surface area contributed by atoms with Crippen molar-refractivity contribution >= 4 is 0 Å². The van der Waals surface area contributed by atoms with Gasteiger partial charge >= 0.3 is 0 Å². The number of aryl methyl sites for hydroxylation is 1. The summed E-state index contributed by atoms with van der Waals surface area (Å²) in [6.45, 7) is 3.53. The smallest absolute Gasteiger partial charge is 0.165 e. The van der Waals surface area contributed by atoms with Crippen LogP contribution in [-0.4, -0.2) is 20.8 Å². The molecule has 0 saturated heterocycles. The summed E-state index contributed by atoms with van der Waals surface area (Å²) < 4.78 is 21.4. The van der Waals surface area contributed by atoms with E-state index in [1.807, 2.05) is 13.0 Å². The summed E-state index contributed by atoms with van der Waals surface area (Å²) >= 11 is 0. The van der Waals surface area contributed by atoms with Gasteiger partial charge in [0.05, 0.1) is 0 Å². The molecule has 1 N–H and O–H groups in total. The molecule has 0 atom stereocenters. The van der Waals surface area contributed by atoms with Crippen LogP contribution in [0.15, 0.2) is 24.5 Å². The second-order valence-electron chi connectivity index (χ2n) is 5.16. The largest absolute Gasteiger partial charge is 0.482 e. The molecule has 1 heterocycles. The zero-order valence-electron chi connectivity index (χ0n) is 12.1. The van der Waals surface area contributed by atoms with Gasteiger partial charge in [0.1, 0.15) is 12.9 Å². The Bertz CT molecular complexity index is 609. The first kappa shape index (κ1) is 14.0. The molecule has 1 aromatic heterocycles. The molecule has 112 valence electrons. The van der Waals surface area contributed by atoms with Gasteiger partial charge in [0, 0.05) is 24.7 Å². The normalized spacial score (nSPS) is 14.4. The van der Waals surface area contributed by atoms with Gasteiger partial charge in [-0.25, -0.2) is 14.1 Å². The second-order valence-corrected chi connectivity index (χ2v) is 5.16. The molecule has 0 amide bonds. The number of aromatic nitrogens is 3. The van der Waals surface area contributed by atoms with Crippen LogP contribution in [0.1, 0.15) is 31.2 Å². The lowest BCUT2D eigenvalue weighted by Gasteiger charge is -2.13. The molecule has 1 aromatic carbocycles. The van der Waals surface area contributed by atoms with Crippen molar-refractivity contribution in [3.8, 4) is 5.75 Å². The van der Waals surface area contributed by atoms with Crippen LogP contribution in [0.25, 0.3) is 0 Å². The summed E-state index contributed by atoms with van der Waals surface area (Å²) in [5.41, 5.74) is 0.837. The van der Waals surface area contributed by atoms with Crippen LogP contribution in [-0.2, 0) is 19.7 Å². The van der Waals surface area contributed by atoms with Gasteiger partial charge in [-0.3, -0.25) is 0 Å². The first-order valence-corrected chi connectivity index (χ1v) is 7.28. The lowest BCUT2D eigenvalue weighted by Crippen LogP contribution is -2.17. The van der Waals surface area contributed by atoms with Crippen LogP contribution in [0.4, 0.5) is 4.39 Å². The van der Waals surface area contributed by atoms with Gasteiger partial charge in [-0.2, -0.15) is 5.10 Å². The van der Waals surface area contributed by atoms with Gasteiger partial charge in [0.15, 0.2) is 17.4 Å². The second kappa shape index (κ2) is 6.22. The zero-order valence-corrected chi connectivity index (χ0v) is 12.1. The van der Waals surface area contributed by atoms with E-state index in [4.69, 9.17) is 4.74 Å². The van der Waals surface area contributed by atoms with Crippen molar-refractivity contribution < 1.29 is 9.13 Å². The van der Waals surface area contributed by atoms with E-state index in [1.165, 1.54) is 25.2 Å². The Balaban J connectivity index is 1.70. The predicted molar refractivity (Wildman–Crippen MR) is 76.3 cm³/mol. The maximum Gasteiger partial charge on any atom is 0.165 e. The molecule has 6 heteroatoms. The van der Waals surface area contributed by atoms with E-state index < -0.39 is 0 Å². The first-order chi connectivity index (χ1) is 10.3. The fourth-order valence-corrected chi connectivity index (χ4v) is 2.20. The minimum absolute atomic E-state index is 0.213. The quantitative estimate of drug-likeness (QED) is 0.850. The van der Waals surface area contributed by atoms with Crippen molar-refractivity contribution in [2.75, 3.05) is 0 Å². The standard InChI is InChI=1S/C15H19FN4O/c1-2-20-14(18-10-19-20)9-21-15-11(4-3-5-13(15)16)8-17-12-6-7-12/h3-5,10,12,17H,2,6-9H2,1H3. The van der Waals surface area contributed by atoms with Crippen molar-refractivity contribution in [2.24, 2.45) is 0 Å². The summed E-state index contributed by atoms with van der Waals surface area (Å²) in [6.07, 6.45) is 3.88. The number of ether oxygens (including phenoxy) is 1. The first-order valence-electron chi connectivity index (χ1n) is 7.28. The van der Waals surface area contributed by atoms with Gasteiger partial charge in [-0.15, -0.1) is 0 Å². The molecule has 0 aliphatic heterocycles. The third-order valence-electron chi connectivity index (χ3n) is 3.55. The van der Waals surface area contributed by atoms with E-state index in [2.05, 4.69) is 15.4 Å². The van der Waals surface area contributed by atoms with E-state index >= 15 is 0 Å². The SMILES string of the molecule is CCn1ncnc1COc1c(F)cccc1CNC1CC1. The van der Waals surface area contributed by atoms with Crippen LogP contribution in [0, 0.1) is 5.82 Å². The van der Waals surface area contributed by atoms with E-state index in [0.717, 1.165) is 5.56 Å². The number of halogens is 1. The minimum Gasteiger partial charge on any atom is -0.482 e. The molecule has 0 bridgehead atoms. The van der Waals surface area contributed by atoms with E-state index in [9.17, 15) is 4.39 Å². The molecule has 1 aliphatic carbocycles. The molecule has 5 nitrogen and oxygen atoms in total. The zero-order chi connectivity index (χ0) is 14.7. The lowest BCUT2D eigenvalue weighted by atomic mass is 10.2. The van der Waals surface area contributed by atoms with Crippen LogP contribution < -0.4 is 10.1 Å². The average molecular weight is 290 g/mol. The molecule has 1 saturated carbocycles. The molecule has 3 rings (SSSR count). The monoisotopic (exact) mass is 290 g/mol. The molecule has 0 spiro atoms. The van der Waals surface area contributed by atoms with Crippen molar-refractivity contribution in [3.05, 3.63) is 41.7 Å². The molecule has 2 aromatic rings. The highest BCUT2D eigenvalue weighted by atomic mass is 19.1. The summed E-state index contributed by atoms with van der Waals surface area (Å²) in [7, 11) is 0. The highest BCUT2D eigenvalue weighted by Crippen LogP contribution is 2.25. The Morgan fingerprint density at radius 3 is 3.05 bits per heavy atom. The van der Waals surface area contributed by atoms with Crippen molar-refractivity contribution in [1.29, 1.82) is 0 Å². The predicted octanol–water partition coefficient (Wildman–Crippen LogP) is 2.27. The minimum atomic E-state index is -0.340. The lowest BCUT2D eigenvalue weighted by molar-refractivity contribution is 0.270. The van der Waals surface area contributed by atoms with E-state index in [0.29, 0.717) is 30.7 Å². The topological polar surface area (TPSA) is 52.0 Å². The van der Waals surface area contributed by atoms with Gasteiger partial charge in [0.25, 0.3) is 0 Å². The molecule has 0 radical (unpaired) electrons. The Morgan fingerprint density at radius 2 is 2.29 bits per heavy atom. The number of hydrogen-bond acceptors (Lipinski definition) is 4. The van der Waals surface area contributed by atoms with Crippen LogP contribution in [0.2, 0.25) is 0 Å². The molecular formula is C15H19FN4O. The van der Waals surface area contributed by atoms with Gasteiger partial charge in [-0.1, -0.05) is 12.1 Å². The van der Waals surface area contributed by atoms with Gasteiger partial charge < -0.3 is 10.1 Å². The maximum atomic E-state index is 14.0. The summed E-state index contributed by atoms with van der Waals surface area (Å²) in [5, 5.41) is 7.46. The highest BCUT2D eigenvalue weighted by Gasteiger charge is 2.21. The molecular weight excluding hydrogens is 271 g/mol. The van der Waals surface area contributed by atoms with Crippen molar-refractivity contribution in [1.82, 2.24) is 20.1 Å². The van der Waals surface area contributed by atoms with Crippen LogP contribution >= 0.6 is 0 Å².